The normalized spacial score (nSPS) is 10.5. The van der Waals surface area contributed by atoms with Crippen LogP contribution in [-0.2, 0) is 4.79 Å². The summed E-state index contributed by atoms with van der Waals surface area (Å²) in [7, 11) is 0. The Morgan fingerprint density at radius 1 is 1.04 bits per heavy atom. The predicted molar refractivity (Wildman–Crippen MR) is 101 cm³/mol. The van der Waals surface area contributed by atoms with Crippen LogP contribution in [0.1, 0.15) is 6.92 Å². The van der Waals surface area contributed by atoms with Gasteiger partial charge in [-0.25, -0.2) is 0 Å². The van der Waals surface area contributed by atoms with Crippen molar-refractivity contribution in [3.8, 4) is 5.75 Å². The molecule has 3 rings (SSSR count). The highest BCUT2D eigenvalue weighted by Gasteiger charge is 2.19. The smallest absolute Gasteiger partial charge is 0.310 e. The summed E-state index contributed by atoms with van der Waals surface area (Å²) in [5, 5.41) is 13.1. The molecule has 0 saturated heterocycles. The molecule has 0 aromatic heterocycles. The summed E-state index contributed by atoms with van der Waals surface area (Å²) in [4.78, 5) is 24.9. The molecule has 132 valence electrons. The second-order valence-corrected chi connectivity index (χ2v) is 5.65. The summed E-state index contributed by atoms with van der Waals surface area (Å²) in [6.07, 6.45) is 0. The third-order valence-corrected chi connectivity index (χ3v) is 4.09. The number of nitro benzene ring substituents is 1. The first-order valence-corrected chi connectivity index (χ1v) is 8.26. The summed E-state index contributed by atoms with van der Waals surface area (Å²) in [5.74, 6) is -0.179. The van der Waals surface area contributed by atoms with Crippen LogP contribution in [0.4, 0.5) is 11.4 Å². The zero-order valence-corrected chi connectivity index (χ0v) is 14.3. The van der Waals surface area contributed by atoms with E-state index >= 15 is 0 Å². The Morgan fingerprint density at radius 2 is 1.73 bits per heavy atom. The number of hydrogen-bond acceptors (Lipinski definition) is 4. The van der Waals surface area contributed by atoms with Crippen molar-refractivity contribution >= 4 is 28.1 Å². The topological polar surface area (TPSA) is 72.7 Å². The maximum absolute atomic E-state index is 12.7. The zero-order valence-electron chi connectivity index (χ0n) is 14.3. The molecule has 0 N–H and O–H groups in total. The standard InChI is InChI=1S/C20H18N2O4/c1-2-21(17-12-7-9-15-8-3-4-10-16(15)17)20(23)14-26-19-13-6-5-11-18(19)22(24)25/h3-13H,2,14H2,1H3. The van der Waals surface area contributed by atoms with Gasteiger partial charge in [-0.1, -0.05) is 48.5 Å². The van der Waals surface area contributed by atoms with Gasteiger partial charge in [-0.2, -0.15) is 0 Å². The molecule has 0 unspecified atom stereocenters. The van der Waals surface area contributed by atoms with Gasteiger partial charge in [0, 0.05) is 18.0 Å². The van der Waals surface area contributed by atoms with E-state index in [1.807, 2.05) is 49.4 Å². The second-order valence-electron chi connectivity index (χ2n) is 5.65. The molecule has 0 bridgehead atoms. The molecule has 0 radical (unpaired) electrons. The van der Waals surface area contributed by atoms with Crippen molar-refractivity contribution in [3.05, 3.63) is 76.8 Å². The molecule has 0 aliphatic carbocycles. The van der Waals surface area contributed by atoms with E-state index in [0.29, 0.717) is 6.54 Å². The molecule has 0 heterocycles. The van der Waals surface area contributed by atoms with Gasteiger partial charge < -0.3 is 9.64 Å². The number of nitro groups is 1. The highest BCUT2D eigenvalue weighted by molar-refractivity contribution is 6.04. The predicted octanol–water partition coefficient (Wildman–Crippen LogP) is 4.18. The first-order valence-electron chi connectivity index (χ1n) is 8.26. The third kappa shape index (κ3) is 3.49. The minimum atomic E-state index is -0.526. The number of carbonyl (C=O) groups excluding carboxylic acids is 1. The van der Waals surface area contributed by atoms with Crippen molar-refractivity contribution in [2.75, 3.05) is 18.1 Å². The molecule has 0 aliphatic rings. The lowest BCUT2D eigenvalue weighted by Gasteiger charge is -2.22. The lowest BCUT2D eigenvalue weighted by molar-refractivity contribution is -0.385. The van der Waals surface area contributed by atoms with Crippen LogP contribution in [0.2, 0.25) is 0 Å². The maximum atomic E-state index is 12.7. The number of nitrogens with zero attached hydrogens (tertiary/aromatic N) is 2. The van der Waals surface area contributed by atoms with Crippen LogP contribution in [0.25, 0.3) is 10.8 Å². The Morgan fingerprint density at radius 3 is 2.50 bits per heavy atom. The summed E-state index contributed by atoms with van der Waals surface area (Å²) in [5.41, 5.74) is 0.635. The zero-order chi connectivity index (χ0) is 18.5. The fraction of sp³-hybridized carbons (Fsp3) is 0.150. The van der Waals surface area contributed by atoms with Gasteiger partial charge in [0.2, 0.25) is 0 Å². The van der Waals surface area contributed by atoms with Gasteiger partial charge in [0.05, 0.1) is 10.6 Å². The Bertz CT molecular complexity index is 950. The van der Waals surface area contributed by atoms with E-state index in [9.17, 15) is 14.9 Å². The highest BCUT2D eigenvalue weighted by Crippen LogP contribution is 2.28. The van der Waals surface area contributed by atoms with Gasteiger partial charge in [-0.05, 0) is 24.4 Å². The molecule has 0 atom stereocenters. The van der Waals surface area contributed by atoms with E-state index in [-0.39, 0.29) is 24.0 Å². The van der Waals surface area contributed by atoms with Crippen molar-refractivity contribution in [2.24, 2.45) is 0 Å². The summed E-state index contributed by atoms with van der Waals surface area (Å²) in [6.45, 7) is 2.07. The number of para-hydroxylation sites is 2. The number of benzene rings is 3. The average molecular weight is 350 g/mol. The lowest BCUT2D eigenvalue weighted by Crippen LogP contribution is -2.35. The number of carbonyl (C=O) groups is 1. The summed E-state index contributed by atoms with van der Waals surface area (Å²) < 4.78 is 5.44. The molecule has 3 aromatic rings. The van der Waals surface area contributed by atoms with Crippen LogP contribution >= 0.6 is 0 Å². The Kier molecular flexibility index (Phi) is 5.12. The van der Waals surface area contributed by atoms with Crippen LogP contribution in [-0.4, -0.2) is 24.0 Å². The van der Waals surface area contributed by atoms with Crippen molar-refractivity contribution in [1.82, 2.24) is 0 Å². The van der Waals surface area contributed by atoms with Crippen LogP contribution < -0.4 is 9.64 Å². The molecule has 0 fully saturated rings. The summed E-state index contributed by atoms with van der Waals surface area (Å²) >= 11 is 0. The van der Waals surface area contributed by atoms with Gasteiger partial charge in [-0.15, -0.1) is 0 Å². The molecular weight excluding hydrogens is 332 g/mol. The molecular formula is C20H18N2O4. The number of hydrogen-bond donors (Lipinski definition) is 0. The van der Waals surface area contributed by atoms with E-state index in [0.717, 1.165) is 16.5 Å². The monoisotopic (exact) mass is 350 g/mol. The van der Waals surface area contributed by atoms with E-state index in [1.54, 1.807) is 17.0 Å². The highest BCUT2D eigenvalue weighted by atomic mass is 16.6. The molecule has 0 aliphatic heterocycles. The number of amides is 1. The van der Waals surface area contributed by atoms with Gasteiger partial charge in [0.15, 0.2) is 12.4 Å². The SMILES string of the molecule is CCN(C(=O)COc1ccccc1[N+](=O)[O-])c1cccc2ccccc12. The van der Waals surface area contributed by atoms with E-state index in [1.165, 1.54) is 12.1 Å². The van der Waals surface area contributed by atoms with Crippen molar-refractivity contribution in [1.29, 1.82) is 0 Å². The summed E-state index contributed by atoms with van der Waals surface area (Å²) in [6, 6.07) is 19.6. The maximum Gasteiger partial charge on any atom is 0.310 e. The number of anilines is 1. The van der Waals surface area contributed by atoms with Gasteiger partial charge >= 0.3 is 5.69 Å². The van der Waals surface area contributed by atoms with E-state index in [4.69, 9.17) is 4.74 Å². The average Bonchev–Trinajstić information content (AvgIpc) is 2.67. The molecule has 0 spiro atoms. The quantitative estimate of drug-likeness (QED) is 0.494. The molecule has 0 saturated carbocycles. The van der Waals surface area contributed by atoms with Crippen molar-refractivity contribution in [3.63, 3.8) is 0 Å². The lowest BCUT2D eigenvalue weighted by atomic mass is 10.1. The molecule has 1 amide bonds. The molecule has 6 heteroatoms. The van der Waals surface area contributed by atoms with Gasteiger partial charge in [0.1, 0.15) is 0 Å². The Balaban J connectivity index is 1.83. The van der Waals surface area contributed by atoms with E-state index in [2.05, 4.69) is 0 Å². The fourth-order valence-corrected chi connectivity index (χ4v) is 2.87. The largest absolute Gasteiger partial charge is 0.477 e. The fourth-order valence-electron chi connectivity index (χ4n) is 2.87. The first kappa shape index (κ1) is 17.4. The molecule has 3 aromatic carbocycles. The number of likely N-dealkylation sites (N-methyl/N-ethyl adjacent to an activating group) is 1. The van der Waals surface area contributed by atoms with Crippen LogP contribution in [0, 0.1) is 10.1 Å². The van der Waals surface area contributed by atoms with Crippen LogP contribution in [0.15, 0.2) is 66.7 Å². The molecule has 26 heavy (non-hydrogen) atoms. The number of rotatable bonds is 6. The minimum absolute atomic E-state index is 0.0832. The molecule has 6 nitrogen and oxygen atoms in total. The van der Waals surface area contributed by atoms with E-state index < -0.39 is 4.92 Å². The number of ether oxygens (including phenoxy) is 1. The Hall–Kier alpha value is -3.41. The van der Waals surface area contributed by atoms with Crippen molar-refractivity contribution in [2.45, 2.75) is 6.92 Å². The first-order chi connectivity index (χ1) is 12.6. The second kappa shape index (κ2) is 7.65. The van der Waals surface area contributed by atoms with Crippen LogP contribution in [0.3, 0.4) is 0 Å². The van der Waals surface area contributed by atoms with Gasteiger partial charge in [-0.3, -0.25) is 14.9 Å². The minimum Gasteiger partial charge on any atom is -0.477 e. The van der Waals surface area contributed by atoms with Crippen LogP contribution in [0.5, 0.6) is 5.75 Å². The number of fused-ring (bicyclic) bond motifs is 1. The van der Waals surface area contributed by atoms with Gasteiger partial charge in [0.25, 0.3) is 5.91 Å². The third-order valence-electron chi connectivity index (χ3n) is 4.09. The van der Waals surface area contributed by atoms with Crippen molar-refractivity contribution < 1.29 is 14.5 Å². The Labute approximate surface area is 150 Å².